The van der Waals surface area contributed by atoms with Crippen LogP contribution in [-0.2, 0) is 9.53 Å². The Bertz CT molecular complexity index is 367. The maximum absolute atomic E-state index is 11.4. The number of methoxy groups -OCH3 is 1. The number of carbonyl (C=O) groups excluding carboxylic acids is 1. The number of nitrogens with zero attached hydrogens (tertiary/aromatic N) is 2. The summed E-state index contributed by atoms with van der Waals surface area (Å²) in [5.41, 5.74) is 1.12. The average molecular weight is 222 g/mol. The lowest BCUT2D eigenvalue weighted by Gasteiger charge is -2.10. The molecule has 0 bridgehead atoms. The van der Waals surface area contributed by atoms with Crippen LogP contribution in [0.3, 0.4) is 0 Å². The number of rotatable bonds is 3. The Morgan fingerprint density at radius 3 is 2.88 bits per heavy atom. The first-order valence-corrected chi connectivity index (χ1v) is 5.85. The van der Waals surface area contributed by atoms with E-state index >= 15 is 0 Å². The number of ether oxygens (including phenoxy) is 1. The molecule has 0 radical (unpaired) electrons. The summed E-state index contributed by atoms with van der Waals surface area (Å²) in [7, 11) is 1.40. The molecule has 1 heterocycles. The zero-order chi connectivity index (χ0) is 11.5. The minimum absolute atomic E-state index is 0.249. The first kappa shape index (κ1) is 11.2. The summed E-state index contributed by atoms with van der Waals surface area (Å²) in [6.45, 7) is 1.80. The summed E-state index contributed by atoms with van der Waals surface area (Å²) < 4.78 is 6.40. The summed E-state index contributed by atoms with van der Waals surface area (Å²) in [6.07, 6.45) is 6.91. The molecule has 1 unspecified atom stereocenters. The van der Waals surface area contributed by atoms with E-state index < -0.39 is 0 Å². The smallest absolute Gasteiger partial charge is 0.330 e. The molecule has 0 saturated heterocycles. The summed E-state index contributed by atoms with van der Waals surface area (Å²) in [6, 6.07) is 1.69. The van der Waals surface area contributed by atoms with Crippen LogP contribution in [0.4, 0.5) is 0 Å². The fourth-order valence-corrected chi connectivity index (χ4v) is 2.29. The Balaban J connectivity index is 2.09. The predicted octanol–water partition coefficient (Wildman–Crippen LogP) is 2.27. The van der Waals surface area contributed by atoms with Crippen molar-refractivity contribution < 1.29 is 9.53 Å². The zero-order valence-corrected chi connectivity index (χ0v) is 9.85. The highest BCUT2D eigenvalue weighted by molar-refractivity contribution is 5.73. The molecule has 1 fully saturated rings. The van der Waals surface area contributed by atoms with Gasteiger partial charge in [-0.3, -0.25) is 4.68 Å². The molecule has 4 heteroatoms. The van der Waals surface area contributed by atoms with Crippen molar-refractivity contribution in [3.05, 3.63) is 18.0 Å². The Hall–Kier alpha value is -1.32. The quantitative estimate of drug-likeness (QED) is 0.737. The van der Waals surface area contributed by atoms with Gasteiger partial charge in [-0.1, -0.05) is 12.8 Å². The average Bonchev–Trinajstić information content (AvgIpc) is 2.96. The van der Waals surface area contributed by atoms with Gasteiger partial charge in [-0.05, 0) is 25.8 Å². The molecule has 88 valence electrons. The highest BCUT2D eigenvalue weighted by Crippen LogP contribution is 2.33. The normalized spacial score (nSPS) is 18.6. The third-order valence-corrected chi connectivity index (χ3v) is 3.34. The van der Waals surface area contributed by atoms with Crippen LogP contribution in [0, 0.1) is 0 Å². The molecule has 1 saturated carbocycles. The maximum atomic E-state index is 11.4. The van der Waals surface area contributed by atoms with Gasteiger partial charge in [0.25, 0.3) is 0 Å². The van der Waals surface area contributed by atoms with Gasteiger partial charge in [0, 0.05) is 12.1 Å². The first-order valence-electron chi connectivity index (χ1n) is 5.85. The van der Waals surface area contributed by atoms with Crippen LogP contribution in [0.25, 0.3) is 0 Å². The van der Waals surface area contributed by atoms with Crippen molar-refractivity contribution in [1.82, 2.24) is 9.78 Å². The second-order valence-electron chi connectivity index (χ2n) is 4.40. The Morgan fingerprint density at radius 2 is 2.25 bits per heavy atom. The van der Waals surface area contributed by atoms with E-state index in [2.05, 4.69) is 5.10 Å². The van der Waals surface area contributed by atoms with E-state index in [4.69, 9.17) is 4.74 Å². The zero-order valence-electron chi connectivity index (χ0n) is 9.85. The third-order valence-electron chi connectivity index (χ3n) is 3.34. The van der Waals surface area contributed by atoms with Crippen molar-refractivity contribution >= 4 is 5.97 Å². The number of hydrogen-bond acceptors (Lipinski definition) is 3. The molecule has 1 atom stereocenters. The lowest BCUT2D eigenvalue weighted by atomic mass is 10.1. The fraction of sp³-hybridized carbons (Fsp3) is 0.667. The number of hydrogen-bond donors (Lipinski definition) is 0. The van der Waals surface area contributed by atoms with Crippen LogP contribution < -0.4 is 0 Å². The molecule has 16 heavy (non-hydrogen) atoms. The van der Waals surface area contributed by atoms with Crippen LogP contribution in [0.1, 0.15) is 50.3 Å². The summed E-state index contributed by atoms with van der Waals surface area (Å²) in [4.78, 5) is 11.4. The first-order chi connectivity index (χ1) is 7.72. The summed E-state index contributed by atoms with van der Waals surface area (Å²) >= 11 is 0. The van der Waals surface area contributed by atoms with Gasteiger partial charge in [-0.2, -0.15) is 5.10 Å². The van der Waals surface area contributed by atoms with Gasteiger partial charge < -0.3 is 4.74 Å². The van der Waals surface area contributed by atoms with Crippen LogP contribution in [0.5, 0.6) is 0 Å². The van der Waals surface area contributed by atoms with Crippen LogP contribution in [0.15, 0.2) is 12.3 Å². The number of esters is 1. The Kier molecular flexibility index (Phi) is 3.27. The molecule has 1 aromatic rings. The Labute approximate surface area is 95.6 Å². The lowest BCUT2D eigenvalue weighted by Crippen LogP contribution is -2.18. The minimum Gasteiger partial charge on any atom is -0.467 e. The van der Waals surface area contributed by atoms with Crippen LogP contribution in [0.2, 0.25) is 0 Å². The summed E-state index contributed by atoms with van der Waals surface area (Å²) in [5, 5.41) is 4.48. The third kappa shape index (κ3) is 2.10. The molecule has 0 amide bonds. The monoisotopic (exact) mass is 222 g/mol. The van der Waals surface area contributed by atoms with Crippen molar-refractivity contribution in [3.63, 3.8) is 0 Å². The van der Waals surface area contributed by atoms with Crippen molar-refractivity contribution in [3.8, 4) is 0 Å². The van der Waals surface area contributed by atoms with Crippen LogP contribution >= 0.6 is 0 Å². The van der Waals surface area contributed by atoms with Crippen molar-refractivity contribution in [2.24, 2.45) is 0 Å². The van der Waals surface area contributed by atoms with E-state index in [1.165, 1.54) is 32.8 Å². The highest BCUT2D eigenvalue weighted by atomic mass is 16.5. The van der Waals surface area contributed by atoms with Gasteiger partial charge in [0.15, 0.2) is 0 Å². The van der Waals surface area contributed by atoms with Gasteiger partial charge in [0.2, 0.25) is 0 Å². The molecule has 0 aliphatic heterocycles. The molecule has 0 N–H and O–H groups in total. The molecular weight excluding hydrogens is 204 g/mol. The molecule has 2 rings (SSSR count). The number of carbonyl (C=O) groups is 1. The van der Waals surface area contributed by atoms with Gasteiger partial charge in [-0.25, -0.2) is 4.79 Å². The van der Waals surface area contributed by atoms with Crippen molar-refractivity contribution in [2.75, 3.05) is 7.11 Å². The minimum atomic E-state index is -0.333. The molecular formula is C12H18N2O2. The van der Waals surface area contributed by atoms with Gasteiger partial charge in [0.05, 0.1) is 12.8 Å². The van der Waals surface area contributed by atoms with Gasteiger partial charge in [0.1, 0.15) is 6.04 Å². The van der Waals surface area contributed by atoms with E-state index in [9.17, 15) is 4.79 Å². The molecule has 0 aromatic carbocycles. The summed E-state index contributed by atoms with van der Waals surface area (Å²) in [5.74, 6) is 0.340. The predicted molar refractivity (Wildman–Crippen MR) is 60.2 cm³/mol. The second kappa shape index (κ2) is 4.68. The fourth-order valence-electron chi connectivity index (χ4n) is 2.29. The standard InChI is InChI=1S/C12H18N2O2/c1-9(12(15)16-2)14-8-7-11(13-14)10-5-3-4-6-10/h7-10H,3-6H2,1-2H3. The van der Waals surface area contributed by atoms with Crippen LogP contribution in [-0.4, -0.2) is 22.9 Å². The van der Waals surface area contributed by atoms with E-state index in [1.807, 2.05) is 12.3 Å². The van der Waals surface area contributed by atoms with Gasteiger partial charge in [-0.15, -0.1) is 0 Å². The van der Waals surface area contributed by atoms with Crippen molar-refractivity contribution in [1.29, 1.82) is 0 Å². The lowest BCUT2D eigenvalue weighted by molar-refractivity contribution is -0.144. The van der Waals surface area contributed by atoms with E-state index in [0.29, 0.717) is 5.92 Å². The highest BCUT2D eigenvalue weighted by Gasteiger charge is 2.21. The van der Waals surface area contributed by atoms with E-state index in [0.717, 1.165) is 5.69 Å². The van der Waals surface area contributed by atoms with E-state index in [-0.39, 0.29) is 12.0 Å². The Morgan fingerprint density at radius 1 is 1.56 bits per heavy atom. The maximum Gasteiger partial charge on any atom is 0.330 e. The molecule has 1 aliphatic carbocycles. The SMILES string of the molecule is COC(=O)C(C)n1ccc(C2CCCC2)n1. The van der Waals surface area contributed by atoms with E-state index in [1.54, 1.807) is 11.6 Å². The van der Waals surface area contributed by atoms with Gasteiger partial charge >= 0.3 is 5.97 Å². The molecule has 1 aromatic heterocycles. The molecule has 0 spiro atoms. The van der Waals surface area contributed by atoms with Crippen molar-refractivity contribution in [2.45, 2.75) is 44.6 Å². The topological polar surface area (TPSA) is 44.1 Å². The second-order valence-corrected chi connectivity index (χ2v) is 4.40. The largest absolute Gasteiger partial charge is 0.467 e. The molecule has 1 aliphatic rings. The molecule has 4 nitrogen and oxygen atoms in total. The number of aromatic nitrogens is 2.